The van der Waals surface area contributed by atoms with Crippen molar-refractivity contribution in [1.82, 2.24) is 9.55 Å². The van der Waals surface area contributed by atoms with Crippen LogP contribution in [0.5, 0.6) is 5.75 Å². The van der Waals surface area contributed by atoms with E-state index < -0.39 is 0 Å². The van der Waals surface area contributed by atoms with Crippen molar-refractivity contribution < 1.29 is 14.3 Å². The summed E-state index contributed by atoms with van der Waals surface area (Å²) in [5.74, 6) is 0.374. The molecule has 29 heavy (non-hydrogen) atoms. The first-order valence-corrected chi connectivity index (χ1v) is 9.77. The first kappa shape index (κ1) is 18.9. The summed E-state index contributed by atoms with van der Waals surface area (Å²) in [4.78, 5) is 29.9. The number of ether oxygens (including phenoxy) is 2. The minimum Gasteiger partial charge on any atom is -0.497 e. The van der Waals surface area contributed by atoms with Crippen LogP contribution in [0.3, 0.4) is 0 Å². The highest BCUT2D eigenvalue weighted by Crippen LogP contribution is 2.31. The summed E-state index contributed by atoms with van der Waals surface area (Å²) < 4.78 is 11.5. The average molecular weight is 406 g/mol. The van der Waals surface area contributed by atoms with Crippen LogP contribution in [0, 0.1) is 0 Å². The number of nitrogens with zero attached hydrogens (tertiary/aromatic N) is 2. The number of benzene rings is 2. The van der Waals surface area contributed by atoms with Crippen molar-refractivity contribution in [2.24, 2.45) is 0 Å². The topological polar surface area (TPSA) is 70.4 Å². The summed E-state index contributed by atoms with van der Waals surface area (Å²) in [6.45, 7) is 0.362. The zero-order valence-corrected chi connectivity index (χ0v) is 16.7. The van der Waals surface area contributed by atoms with E-state index in [1.165, 1.54) is 18.4 Å². The molecular weight excluding hydrogens is 388 g/mol. The maximum atomic E-state index is 13.2. The number of thiophene rings is 1. The van der Waals surface area contributed by atoms with Crippen LogP contribution in [0.25, 0.3) is 21.3 Å². The molecule has 146 valence electrons. The van der Waals surface area contributed by atoms with Gasteiger partial charge in [0.1, 0.15) is 10.6 Å². The van der Waals surface area contributed by atoms with Crippen molar-refractivity contribution in [3.05, 3.63) is 81.7 Å². The third-order valence-corrected chi connectivity index (χ3v) is 5.58. The Bertz CT molecular complexity index is 1220. The van der Waals surface area contributed by atoms with Gasteiger partial charge in [0.15, 0.2) is 0 Å². The molecule has 2 aromatic carbocycles. The van der Waals surface area contributed by atoms with Crippen LogP contribution in [0.1, 0.15) is 15.9 Å². The van der Waals surface area contributed by atoms with Gasteiger partial charge in [0.05, 0.1) is 38.0 Å². The van der Waals surface area contributed by atoms with Gasteiger partial charge in [-0.1, -0.05) is 24.3 Å². The Morgan fingerprint density at radius 1 is 1.07 bits per heavy atom. The molecule has 0 spiro atoms. The van der Waals surface area contributed by atoms with Crippen LogP contribution in [-0.2, 0) is 11.3 Å². The van der Waals surface area contributed by atoms with Gasteiger partial charge in [-0.3, -0.25) is 9.36 Å². The van der Waals surface area contributed by atoms with Crippen LogP contribution in [-0.4, -0.2) is 29.7 Å². The SMILES string of the molecule is COC(=O)c1ccc(Cn2cnc3scc(-c4ccc(OC)cc4)c3c2=O)cc1. The zero-order chi connectivity index (χ0) is 20.4. The van der Waals surface area contributed by atoms with Gasteiger partial charge in [-0.05, 0) is 35.4 Å². The van der Waals surface area contributed by atoms with Gasteiger partial charge < -0.3 is 9.47 Å². The molecule has 0 unspecified atom stereocenters. The lowest BCUT2D eigenvalue weighted by molar-refractivity contribution is 0.0600. The fraction of sp³-hybridized carbons (Fsp3) is 0.136. The fourth-order valence-corrected chi connectivity index (χ4v) is 4.03. The molecule has 0 radical (unpaired) electrons. The largest absolute Gasteiger partial charge is 0.497 e. The highest BCUT2D eigenvalue weighted by Gasteiger charge is 2.14. The van der Waals surface area contributed by atoms with Gasteiger partial charge in [-0.15, -0.1) is 11.3 Å². The Kier molecular flexibility index (Phi) is 5.14. The molecular formula is C22H18N2O4S. The van der Waals surface area contributed by atoms with Crippen LogP contribution in [0.4, 0.5) is 0 Å². The molecule has 0 N–H and O–H groups in total. The van der Waals surface area contributed by atoms with Gasteiger partial charge in [-0.25, -0.2) is 9.78 Å². The molecule has 6 nitrogen and oxygen atoms in total. The Labute approximate surface area is 171 Å². The van der Waals surface area contributed by atoms with Crippen molar-refractivity contribution >= 4 is 27.5 Å². The highest BCUT2D eigenvalue weighted by atomic mass is 32.1. The van der Waals surface area contributed by atoms with E-state index in [-0.39, 0.29) is 11.5 Å². The highest BCUT2D eigenvalue weighted by molar-refractivity contribution is 7.17. The molecule has 4 aromatic rings. The third-order valence-electron chi connectivity index (χ3n) is 4.69. The molecule has 0 saturated carbocycles. The van der Waals surface area contributed by atoms with Gasteiger partial charge in [0.2, 0.25) is 0 Å². The summed E-state index contributed by atoms with van der Waals surface area (Å²) in [6.07, 6.45) is 1.56. The Balaban J connectivity index is 1.70. The minimum absolute atomic E-state index is 0.0980. The van der Waals surface area contributed by atoms with Gasteiger partial charge in [-0.2, -0.15) is 0 Å². The summed E-state index contributed by atoms with van der Waals surface area (Å²) in [5.41, 5.74) is 3.06. The van der Waals surface area contributed by atoms with Crippen molar-refractivity contribution in [2.75, 3.05) is 14.2 Å². The molecule has 4 rings (SSSR count). The summed E-state index contributed by atoms with van der Waals surface area (Å²) >= 11 is 1.45. The summed E-state index contributed by atoms with van der Waals surface area (Å²) in [7, 11) is 2.97. The van der Waals surface area contributed by atoms with E-state index in [4.69, 9.17) is 9.47 Å². The molecule has 0 bridgehead atoms. The van der Waals surface area contributed by atoms with Crippen LogP contribution in [0.2, 0.25) is 0 Å². The summed E-state index contributed by atoms with van der Waals surface area (Å²) in [5, 5.41) is 2.56. The zero-order valence-electron chi connectivity index (χ0n) is 15.9. The van der Waals surface area contributed by atoms with Crippen LogP contribution >= 0.6 is 11.3 Å². The number of carbonyl (C=O) groups is 1. The fourth-order valence-electron chi connectivity index (χ4n) is 3.12. The second-order valence-electron chi connectivity index (χ2n) is 6.42. The lowest BCUT2D eigenvalue weighted by atomic mass is 10.1. The third kappa shape index (κ3) is 3.64. The number of rotatable bonds is 5. The average Bonchev–Trinajstić information content (AvgIpc) is 3.20. The molecule has 0 aliphatic rings. The predicted molar refractivity (Wildman–Crippen MR) is 113 cm³/mol. The lowest BCUT2D eigenvalue weighted by Gasteiger charge is -2.07. The standard InChI is InChI=1S/C22H18N2O4S/c1-27-17-9-7-15(8-10-17)18-12-29-20-19(18)21(25)24(13-23-20)11-14-3-5-16(6-4-14)22(26)28-2/h3-10,12-13H,11H2,1-2H3. The van der Waals surface area contributed by atoms with E-state index in [0.29, 0.717) is 22.3 Å². The number of esters is 1. The van der Waals surface area contributed by atoms with Gasteiger partial charge >= 0.3 is 5.97 Å². The van der Waals surface area contributed by atoms with Crippen LogP contribution < -0.4 is 10.3 Å². The van der Waals surface area contributed by atoms with Gasteiger partial charge in [0, 0.05) is 10.9 Å². The van der Waals surface area contributed by atoms with E-state index in [1.807, 2.05) is 29.6 Å². The Hall–Kier alpha value is -3.45. The number of methoxy groups -OCH3 is 2. The molecule has 2 aromatic heterocycles. The maximum absolute atomic E-state index is 13.2. The molecule has 0 aliphatic heterocycles. The Morgan fingerprint density at radius 3 is 2.45 bits per heavy atom. The van der Waals surface area contributed by atoms with Crippen LogP contribution in [0.15, 0.2) is 65.0 Å². The van der Waals surface area contributed by atoms with E-state index >= 15 is 0 Å². The van der Waals surface area contributed by atoms with Gasteiger partial charge in [0.25, 0.3) is 5.56 Å². The van der Waals surface area contributed by atoms with E-state index in [1.54, 1.807) is 42.3 Å². The molecule has 0 aliphatic carbocycles. The first-order valence-electron chi connectivity index (χ1n) is 8.89. The second kappa shape index (κ2) is 7.89. The quantitative estimate of drug-likeness (QED) is 0.469. The Morgan fingerprint density at radius 2 is 1.79 bits per heavy atom. The van der Waals surface area contributed by atoms with Crippen molar-refractivity contribution in [1.29, 1.82) is 0 Å². The number of hydrogen-bond donors (Lipinski definition) is 0. The maximum Gasteiger partial charge on any atom is 0.337 e. The molecule has 0 amide bonds. The number of carbonyl (C=O) groups excluding carboxylic acids is 1. The van der Waals surface area contributed by atoms with E-state index in [2.05, 4.69) is 4.98 Å². The normalized spacial score (nSPS) is 10.8. The monoisotopic (exact) mass is 406 g/mol. The van der Waals surface area contributed by atoms with Crippen molar-refractivity contribution in [3.63, 3.8) is 0 Å². The summed E-state index contributed by atoms with van der Waals surface area (Å²) in [6, 6.07) is 14.6. The first-order chi connectivity index (χ1) is 14.1. The smallest absolute Gasteiger partial charge is 0.337 e. The molecule has 2 heterocycles. The second-order valence-corrected chi connectivity index (χ2v) is 7.28. The predicted octanol–water partition coefficient (Wildman–Crippen LogP) is 3.97. The lowest BCUT2D eigenvalue weighted by Crippen LogP contribution is -2.21. The molecule has 0 atom stereocenters. The van der Waals surface area contributed by atoms with E-state index in [0.717, 1.165) is 22.4 Å². The minimum atomic E-state index is -0.390. The molecule has 7 heteroatoms. The van der Waals surface area contributed by atoms with Crippen molar-refractivity contribution in [2.45, 2.75) is 6.54 Å². The number of fused-ring (bicyclic) bond motifs is 1. The van der Waals surface area contributed by atoms with E-state index in [9.17, 15) is 9.59 Å². The number of aromatic nitrogens is 2. The van der Waals surface area contributed by atoms with Crippen molar-refractivity contribution in [3.8, 4) is 16.9 Å². The number of hydrogen-bond acceptors (Lipinski definition) is 6. The molecule has 0 saturated heterocycles. The molecule has 0 fully saturated rings.